The Bertz CT molecular complexity index is 568. The van der Waals surface area contributed by atoms with Crippen LogP contribution < -0.4 is 4.72 Å². The summed E-state index contributed by atoms with van der Waals surface area (Å²) in [6, 6.07) is 3.06. The maximum atomic E-state index is 11.8. The van der Waals surface area contributed by atoms with Crippen molar-refractivity contribution < 1.29 is 13.2 Å². The molecule has 2 rings (SSSR count). The average Bonchev–Trinajstić information content (AvgIpc) is 2.27. The van der Waals surface area contributed by atoms with Gasteiger partial charge in [-0.1, -0.05) is 11.6 Å². The molecule has 0 saturated carbocycles. The molecule has 1 N–H and O–H groups in total. The number of carbonyl (C=O) groups excluding carboxylic acids is 1. The third-order valence-electron chi connectivity index (χ3n) is 2.12. The Hall–Kier alpha value is -0.720. The number of nitrogens with one attached hydrogen (secondary N) is 1. The normalized spacial score (nSPS) is 18.5. The lowest BCUT2D eigenvalue weighted by atomic mass is 10.2. The van der Waals surface area contributed by atoms with Crippen LogP contribution in [0.4, 0.5) is 0 Å². The summed E-state index contributed by atoms with van der Waals surface area (Å²) >= 11 is 7.08. The van der Waals surface area contributed by atoms with E-state index in [0.717, 1.165) is 0 Å². The van der Waals surface area contributed by atoms with Gasteiger partial charge in [0.1, 0.15) is 4.90 Å². The van der Waals surface area contributed by atoms with Crippen LogP contribution in [0.5, 0.6) is 0 Å². The summed E-state index contributed by atoms with van der Waals surface area (Å²) in [4.78, 5) is 11.8. The van der Waals surface area contributed by atoms with Crippen molar-refractivity contribution in [2.24, 2.45) is 0 Å². The SMILES string of the molecule is Cc1cc2c(cc1Cl)SCC(=O)NS2(=O)=O. The second-order valence-corrected chi connectivity index (χ2v) is 6.44. The number of hydrogen-bond donors (Lipinski definition) is 1. The lowest BCUT2D eigenvalue weighted by Gasteiger charge is -2.07. The summed E-state index contributed by atoms with van der Waals surface area (Å²) in [5.74, 6) is -0.444. The van der Waals surface area contributed by atoms with Crippen molar-refractivity contribution in [2.45, 2.75) is 16.7 Å². The zero-order valence-corrected chi connectivity index (χ0v) is 10.7. The average molecular weight is 278 g/mol. The molecule has 1 aromatic carbocycles. The van der Waals surface area contributed by atoms with Crippen molar-refractivity contribution in [3.63, 3.8) is 0 Å². The number of halogens is 1. The lowest BCUT2D eigenvalue weighted by Crippen LogP contribution is -2.30. The first-order valence-electron chi connectivity index (χ1n) is 4.39. The van der Waals surface area contributed by atoms with Crippen molar-refractivity contribution in [1.29, 1.82) is 0 Å². The maximum absolute atomic E-state index is 11.8. The molecule has 0 atom stereocenters. The van der Waals surface area contributed by atoms with E-state index in [4.69, 9.17) is 11.6 Å². The van der Waals surface area contributed by atoms with Crippen LogP contribution in [-0.2, 0) is 14.8 Å². The first-order valence-corrected chi connectivity index (χ1v) is 7.23. The molecule has 0 radical (unpaired) electrons. The maximum Gasteiger partial charge on any atom is 0.265 e. The monoisotopic (exact) mass is 277 g/mol. The van der Waals surface area contributed by atoms with Crippen LogP contribution in [0.2, 0.25) is 5.02 Å². The Morgan fingerprint density at radius 1 is 1.44 bits per heavy atom. The molecule has 0 spiro atoms. The molecule has 86 valence electrons. The van der Waals surface area contributed by atoms with Crippen LogP contribution in [-0.4, -0.2) is 20.1 Å². The molecule has 1 aliphatic heterocycles. The van der Waals surface area contributed by atoms with Crippen LogP contribution in [0, 0.1) is 6.92 Å². The minimum Gasteiger partial charge on any atom is -0.273 e. The van der Waals surface area contributed by atoms with Crippen LogP contribution in [0.1, 0.15) is 5.56 Å². The summed E-state index contributed by atoms with van der Waals surface area (Å²) in [6.45, 7) is 1.72. The van der Waals surface area contributed by atoms with E-state index in [1.807, 2.05) is 4.72 Å². The van der Waals surface area contributed by atoms with Gasteiger partial charge in [0.25, 0.3) is 10.0 Å². The van der Waals surface area contributed by atoms with Crippen molar-refractivity contribution in [3.05, 3.63) is 22.7 Å². The summed E-state index contributed by atoms with van der Waals surface area (Å²) in [6.07, 6.45) is 0. The van der Waals surface area contributed by atoms with E-state index in [2.05, 4.69) is 0 Å². The lowest BCUT2D eigenvalue weighted by molar-refractivity contribution is -0.116. The number of thioether (sulfide) groups is 1. The number of fused-ring (bicyclic) bond motifs is 1. The number of aryl methyl sites for hydroxylation is 1. The molecule has 0 saturated heterocycles. The third kappa shape index (κ3) is 2.05. The molecule has 1 aliphatic rings. The number of amides is 1. The van der Waals surface area contributed by atoms with E-state index in [1.165, 1.54) is 17.8 Å². The number of rotatable bonds is 0. The van der Waals surface area contributed by atoms with Gasteiger partial charge in [0.05, 0.1) is 5.75 Å². The predicted molar refractivity (Wildman–Crippen MR) is 62.2 cm³/mol. The standard InChI is InChI=1S/C9H8ClNO3S2/c1-5-2-8-7(3-6(5)10)15-4-9(12)11-16(8,13)14/h2-3H,4H2,1H3,(H,11,12). The molecular weight excluding hydrogens is 270 g/mol. The van der Waals surface area contributed by atoms with Crippen molar-refractivity contribution in [3.8, 4) is 0 Å². The van der Waals surface area contributed by atoms with Gasteiger partial charge in [-0.25, -0.2) is 13.1 Å². The van der Waals surface area contributed by atoms with Gasteiger partial charge >= 0.3 is 0 Å². The largest absolute Gasteiger partial charge is 0.273 e. The van der Waals surface area contributed by atoms with Crippen LogP contribution in [0.3, 0.4) is 0 Å². The van der Waals surface area contributed by atoms with Crippen molar-refractivity contribution >= 4 is 39.3 Å². The fourth-order valence-corrected chi connectivity index (χ4v) is 4.06. The van der Waals surface area contributed by atoms with Gasteiger partial charge in [0.15, 0.2) is 0 Å². The minimum atomic E-state index is -3.75. The number of hydrogen-bond acceptors (Lipinski definition) is 4. The van der Waals surface area contributed by atoms with Gasteiger partial charge in [-0.05, 0) is 24.6 Å². The molecule has 1 amide bonds. The van der Waals surface area contributed by atoms with Crippen molar-refractivity contribution in [1.82, 2.24) is 4.72 Å². The molecule has 4 nitrogen and oxygen atoms in total. The van der Waals surface area contributed by atoms with E-state index in [-0.39, 0.29) is 10.6 Å². The quantitative estimate of drug-likeness (QED) is 0.782. The van der Waals surface area contributed by atoms with Crippen LogP contribution >= 0.6 is 23.4 Å². The number of benzene rings is 1. The minimum absolute atomic E-state index is 0.0750. The molecule has 1 aromatic rings. The summed E-state index contributed by atoms with van der Waals surface area (Å²) < 4.78 is 25.5. The Morgan fingerprint density at radius 3 is 2.81 bits per heavy atom. The first kappa shape index (κ1) is 11.8. The summed E-state index contributed by atoms with van der Waals surface area (Å²) in [7, 11) is -3.75. The first-order chi connectivity index (χ1) is 7.40. The zero-order valence-electron chi connectivity index (χ0n) is 8.28. The van der Waals surface area contributed by atoms with E-state index < -0.39 is 15.9 Å². The second-order valence-electron chi connectivity index (χ2n) is 3.37. The third-order valence-corrected chi connectivity index (χ3v) is 5.13. The molecule has 0 bridgehead atoms. The van der Waals surface area contributed by atoms with E-state index in [1.54, 1.807) is 13.0 Å². The van der Waals surface area contributed by atoms with E-state index >= 15 is 0 Å². The Balaban J connectivity index is 2.69. The van der Waals surface area contributed by atoms with Gasteiger partial charge in [0.2, 0.25) is 5.91 Å². The molecular formula is C9H8ClNO3S2. The highest BCUT2D eigenvalue weighted by Crippen LogP contribution is 2.33. The highest BCUT2D eigenvalue weighted by Gasteiger charge is 2.26. The molecule has 0 aromatic heterocycles. The fraction of sp³-hybridized carbons (Fsp3) is 0.222. The second kappa shape index (κ2) is 3.94. The highest BCUT2D eigenvalue weighted by molar-refractivity contribution is 8.01. The van der Waals surface area contributed by atoms with Crippen molar-refractivity contribution in [2.75, 3.05) is 5.75 Å². The molecule has 0 fully saturated rings. The van der Waals surface area contributed by atoms with Gasteiger partial charge in [0, 0.05) is 9.92 Å². The zero-order chi connectivity index (χ0) is 11.9. The van der Waals surface area contributed by atoms with Gasteiger partial charge < -0.3 is 0 Å². The predicted octanol–water partition coefficient (Wildman–Crippen LogP) is 1.56. The molecule has 16 heavy (non-hydrogen) atoms. The Morgan fingerprint density at radius 2 is 2.12 bits per heavy atom. The van der Waals surface area contributed by atoms with E-state index in [9.17, 15) is 13.2 Å². The summed E-state index contributed by atoms with van der Waals surface area (Å²) in [5, 5.41) is 0.496. The molecule has 7 heteroatoms. The fourth-order valence-electron chi connectivity index (χ4n) is 1.34. The Kier molecular flexibility index (Phi) is 2.90. The van der Waals surface area contributed by atoms with Crippen LogP contribution in [0.25, 0.3) is 0 Å². The van der Waals surface area contributed by atoms with Crippen LogP contribution in [0.15, 0.2) is 21.9 Å². The Labute approximate surface area is 102 Å². The number of sulfonamides is 1. The topological polar surface area (TPSA) is 63.2 Å². The molecule has 0 aliphatic carbocycles. The van der Waals surface area contributed by atoms with Gasteiger partial charge in [-0.3, -0.25) is 4.79 Å². The van der Waals surface area contributed by atoms with Gasteiger partial charge in [-0.2, -0.15) is 0 Å². The summed E-state index contributed by atoms with van der Waals surface area (Å²) in [5.41, 5.74) is 0.667. The smallest absolute Gasteiger partial charge is 0.265 e. The molecule has 1 heterocycles. The van der Waals surface area contributed by atoms with E-state index in [0.29, 0.717) is 15.5 Å². The highest BCUT2D eigenvalue weighted by atomic mass is 35.5. The number of carbonyl (C=O) groups is 1. The molecule has 0 unspecified atom stereocenters. The van der Waals surface area contributed by atoms with Gasteiger partial charge in [-0.15, -0.1) is 11.8 Å².